The highest BCUT2D eigenvalue weighted by Crippen LogP contribution is 2.69. The molecule has 0 radical (unpaired) electrons. The number of hydrogen-bond acceptors (Lipinski definition) is 2. The summed E-state index contributed by atoms with van der Waals surface area (Å²) in [7, 11) is 0. The molecule has 4 atom stereocenters. The number of amides is 1. The summed E-state index contributed by atoms with van der Waals surface area (Å²) in [4.78, 5) is 13.2. The molecule has 5 rings (SSSR count). The Kier molecular flexibility index (Phi) is 4.33. The molecule has 2 unspecified atom stereocenters. The Balaban J connectivity index is 1.36. The molecule has 4 aliphatic carbocycles. The van der Waals surface area contributed by atoms with E-state index in [2.05, 4.69) is 47.1 Å². The highest BCUT2D eigenvalue weighted by atomic mass is 79.9. The summed E-state index contributed by atoms with van der Waals surface area (Å²) in [6.07, 6.45) is 8.24. The molecular weight excluding hydrogens is 390 g/mol. The summed E-state index contributed by atoms with van der Waals surface area (Å²) in [5.74, 6) is 1.09. The van der Waals surface area contributed by atoms with Crippen molar-refractivity contribution in [3.8, 4) is 0 Å². The fourth-order valence-electron chi connectivity index (χ4n) is 7.21. The first-order chi connectivity index (χ1) is 12.1. The molecule has 1 N–H and O–H groups in total. The second-order valence-electron chi connectivity index (χ2n) is 10.2. The number of hydrogen-bond donors (Lipinski definition) is 1. The maximum Gasteiger partial charge on any atom is 0.226 e. The Morgan fingerprint density at radius 3 is 2.38 bits per heavy atom. The van der Waals surface area contributed by atoms with Crippen molar-refractivity contribution in [1.82, 2.24) is 15.1 Å². The van der Waals surface area contributed by atoms with Crippen molar-refractivity contribution in [3.05, 3.63) is 15.9 Å². The zero-order valence-corrected chi connectivity index (χ0v) is 18.2. The van der Waals surface area contributed by atoms with E-state index in [0.717, 1.165) is 60.6 Å². The molecule has 1 aromatic heterocycles. The standard InChI is InChI=1S/C21H32BrN3O/c1-14-17(22)15(2)25(24-14)7-5-6-23-18(26)21-10-16-8-19(3,12-21)11-20(4,9-16)13-21/h16H,5-13H2,1-4H3,(H,23,26)/t16?,19-,20+,21?. The van der Waals surface area contributed by atoms with Crippen LogP contribution in [0.4, 0.5) is 0 Å². The number of carbonyl (C=O) groups excluding carboxylic acids is 1. The van der Waals surface area contributed by atoms with Gasteiger partial charge in [0.25, 0.3) is 0 Å². The van der Waals surface area contributed by atoms with Gasteiger partial charge in [-0.05, 0) is 91.5 Å². The molecule has 5 heteroatoms. The van der Waals surface area contributed by atoms with E-state index in [1.807, 2.05) is 11.6 Å². The minimum atomic E-state index is -0.0931. The molecule has 4 saturated carbocycles. The van der Waals surface area contributed by atoms with Crippen LogP contribution in [0.1, 0.15) is 70.2 Å². The molecule has 4 bridgehead atoms. The van der Waals surface area contributed by atoms with Crippen LogP contribution in [-0.2, 0) is 11.3 Å². The number of nitrogens with one attached hydrogen (secondary N) is 1. The van der Waals surface area contributed by atoms with Gasteiger partial charge in [0.1, 0.15) is 0 Å². The van der Waals surface area contributed by atoms with Gasteiger partial charge in [-0.2, -0.15) is 5.10 Å². The fourth-order valence-corrected chi connectivity index (χ4v) is 7.50. The summed E-state index contributed by atoms with van der Waals surface area (Å²) in [5, 5.41) is 7.85. The van der Waals surface area contributed by atoms with Gasteiger partial charge >= 0.3 is 0 Å². The summed E-state index contributed by atoms with van der Waals surface area (Å²) >= 11 is 3.58. The highest BCUT2D eigenvalue weighted by molar-refractivity contribution is 9.10. The lowest BCUT2D eigenvalue weighted by atomic mass is 9.40. The average Bonchev–Trinajstić information content (AvgIpc) is 2.75. The van der Waals surface area contributed by atoms with Crippen LogP contribution in [0.3, 0.4) is 0 Å². The number of aryl methyl sites for hydroxylation is 2. The van der Waals surface area contributed by atoms with Crippen LogP contribution in [-0.4, -0.2) is 22.2 Å². The molecule has 4 nitrogen and oxygen atoms in total. The van der Waals surface area contributed by atoms with Crippen LogP contribution in [0.15, 0.2) is 4.47 Å². The SMILES string of the molecule is Cc1nn(CCCNC(=O)C23CC4C[C@@](C)(C2)C[C@](C)(C4)C3)c(C)c1Br. The van der Waals surface area contributed by atoms with E-state index < -0.39 is 0 Å². The predicted molar refractivity (Wildman–Crippen MR) is 107 cm³/mol. The molecule has 1 aromatic rings. The Labute approximate surface area is 165 Å². The number of aromatic nitrogens is 2. The van der Waals surface area contributed by atoms with Crippen molar-refractivity contribution < 1.29 is 4.79 Å². The minimum absolute atomic E-state index is 0.0931. The molecule has 4 aliphatic rings. The molecule has 0 aliphatic heterocycles. The number of rotatable bonds is 5. The van der Waals surface area contributed by atoms with E-state index in [1.54, 1.807) is 0 Å². The lowest BCUT2D eigenvalue weighted by Gasteiger charge is -2.64. The molecule has 0 saturated heterocycles. The summed E-state index contributed by atoms with van der Waals surface area (Å²) in [6, 6.07) is 0. The van der Waals surface area contributed by atoms with Crippen molar-refractivity contribution in [2.24, 2.45) is 22.2 Å². The predicted octanol–water partition coefficient (Wildman–Crippen LogP) is 4.77. The van der Waals surface area contributed by atoms with Gasteiger partial charge in [0.2, 0.25) is 5.91 Å². The van der Waals surface area contributed by atoms with Gasteiger partial charge in [-0.15, -0.1) is 0 Å². The first-order valence-electron chi connectivity index (χ1n) is 10.1. The molecule has 0 aromatic carbocycles. The van der Waals surface area contributed by atoms with Crippen LogP contribution >= 0.6 is 15.9 Å². The fraction of sp³-hybridized carbons (Fsp3) is 0.810. The quantitative estimate of drug-likeness (QED) is 0.696. The number of carbonyl (C=O) groups is 1. The van der Waals surface area contributed by atoms with E-state index in [0.29, 0.717) is 16.7 Å². The number of halogens is 1. The number of nitrogens with zero attached hydrogens (tertiary/aromatic N) is 2. The molecule has 1 amide bonds. The molecule has 26 heavy (non-hydrogen) atoms. The molecule has 4 fully saturated rings. The first kappa shape index (κ1) is 18.5. The molecule has 1 heterocycles. The Bertz CT molecular complexity index is 722. The third-order valence-electron chi connectivity index (χ3n) is 7.23. The van der Waals surface area contributed by atoms with E-state index in [-0.39, 0.29) is 5.41 Å². The third kappa shape index (κ3) is 3.04. The van der Waals surface area contributed by atoms with Gasteiger partial charge in [-0.3, -0.25) is 9.48 Å². The maximum atomic E-state index is 13.2. The van der Waals surface area contributed by atoms with Gasteiger partial charge < -0.3 is 5.32 Å². The van der Waals surface area contributed by atoms with Gasteiger partial charge in [-0.25, -0.2) is 0 Å². The Morgan fingerprint density at radius 1 is 1.19 bits per heavy atom. The van der Waals surface area contributed by atoms with Crippen LogP contribution in [0.5, 0.6) is 0 Å². The topological polar surface area (TPSA) is 46.9 Å². The van der Waals surface area contributed by atoms with E-state index in [1.165, 1.54) is 19.3 Å². The smallest absolute Gasteiger partial charge is 0.226 e. The van der Waals surface area contributed by atoms with Crippen molar-refractivity contribution in [1.29, 1.82) is 0 Å². The van der Waals surface area contributed by atoms with E-state index in [9.17, 15) is 4.79 Å². The highest BCUT2D eigenvalue weighted by Gasteiger charge is 2.62. The summed E-state index contributed by atoms with van der Waals surface area (Å²) < 4.78 is 3.13. The van der Waals surface area contributed by atoms with Crippen molar-refractivity contribution in [2.75, 3.05) is 6.54 Å². The van der Waals surface area contributed by atoms with Gasteiger partial charge in [0, 0.05) is 18.8 Å². The van der Waals surface area contributed by atoms with Crippen molar-refractivity contribution in [3.63, 3.8) is 0 Å². The average molecular weight is 422 g/mol. The second kappa shape index (κ2) is 6.08. The maximum absolute atomic E-state index is 13.2. The monoisotopic (exact) mass is 421 g/mol. The first-order valence-corrected chi connectivity index (χ1v) is 10.9. The van der Waals surface area contributed by atoms with E-state index in [4.69, 9.17) is 0 Å². The van der Waals surface area contributed by atoms with Gasteiger partial charge in [0.15, 0.2) is 0 Å². The lowest BCUT2D eigenvalue weighted by Crippen LogP contribution is -2.59. The van der Waals surface area contributed by atoms with Crippen LogP contribution < -0.4 is 5.32 Å². The third-order valence-corrected chi connectivity index (χ3v) is 8.38. The molecule has 144 valence electrons. The molecular formula is C21H32BrN3O. The van der Waals surface area contributed by atoms with Crippen molar-refractivity contribution >= 4 is 21.8 Å². The minimum Gasteiger partial charge on any atom is -0.356 e. The van der Waals surface area contributed by atoms with Gasteiger partial charge in [-0.1, -0.05) is 13.8 Å². The second-order valence-corrected chi connectivity index (χ2v) is 11.0. The zero-order chi connectivity index (χ0) is 18.7. The molecule has 0 spiro atoms. The largest absolute Gasteiger partial charge is 0.356 e. The zero-order valence-electron chi connectivity index (χ0n) is 16.6. The summed E-state index contributed by atoms with van der Waals surface area (Å²) in [6.45, 7) is 10.6. The van der Waals surface area contributed by atoms with Gasteiger partial charge in [0.05, 0.1) is 15.6 Å². The van der Waals surface area contributed by atoms with E-state index >= 15 is 0 Å². The normalized spacial score (nSPS) is 38.0. The Hall–Kier alpha value is -0.840. The lowest BCUT2D eigenvalue weighted by molar-refractivity contribution is -0.170. The van der Waals surface area contributed by atoms with Crippen molar-refractivity contribution in [2.45, 2.75) is 79.2 Å². The summed E-state index contributed by atoms with van der Waals surface area (Å²) in [5.41, 5.74) is 2.88. The Morgan fingerprint density at radius 2 is 1.85 bits per heavy atom. The van der Waals surface area contributed by atoms with Crippen LogP contribution in [0.2, 0.25) is 0 Å². The van der Waals surface area contributed by atoms with Crippen LogP contribution in [0.25, 0.3) is 0 Å². The van der Waals surface area contributed by atoms with Crippen LogP contribution in [0, 0.1) is 36.0 Å².